The normalized spacial score (nSPS) is 16.0. The third kappa shape index (κ3) is 4.46. The number of piperazine rings is 1. The van der Waals surface area contributed by atoms with Gasteiger partial charge in [-0.05, 0) is 16.9 Å². The first-order chi connectivity index (χ1) is 9.87. The van der Waals surface area contributed by atoms with E-state index in [-0.39, 0.29) is 17.4 Å². The summed E-state index contributed by atoms with van der Waals surface area (Å²) in [5.41, 5.74) is 0.0760. The molecule has 1 fully saturated rings. The van der Waals surface area contributed by atoms with Crippen molar-refractivity contribution in [3.63, 3.8) is 0 Å². The Balaban J connectivity index is 1.80. The number of nitrogens with zero attached hydrogens (tertiary/aromatic N) is 2. The molecule has 0 spiro atoms. The predicted octanol–water partition coefficient (Wildman–Crippen LogP) is 2.26. The molecule has 0 bridgehead atoms. The molecule has 0 radical (unpaired) electrons. The quantitative estimate of drug-likeness (QED) is 0.911. The summed E-state index contributed by atoms with van der Waals surface area (Å²) in [6.45, 7) is 9.29. The number of carbonyl (C=O) groups excluding carboxylic acids is 2. The van der Waals surface area contributed by atoms with Crippen molar-refractivity contribution < 1.29 is 9.59 Å². The molecule has 1 N–H and O–H groups in total. The molecule has 1 aromatic rings. The van der Waals surface area contributed by atoms with Gasteiger partial charge in [-0.3, -0.25) is 4.79 Å². The zero-order chi connectivity index (χ0) is 15.5. The van der Waals surface area contributed by atoms with Crippen LogP contribution in [0.4, 0.5) is 4.79 Å². The Morgan fingerprint density at radius 3 is 2.33 bits per heavy atom. The number of thiophene rings is 1. The second-order valence-electron chi connectivity index (χ2n) is 6.48. The fraction of sp³-hybridized carbons (Fsp3) is 0.600. The molecular formula is C15H23N3O2S. The molecule has 1 aliphatic heterocycles. The molecule has 0 aliphatic carbocycles. The molecule has 0 aromatic carbocycles. The maximum Gasteiger partial charge on any atom is 0.317 e. The van der Waals surface area contributed by atoms with Gasteiger partial charge in [0.15, 0.2) is 0 Å². The predicted molar refractivity (Wildman–Crippen MR) is 84.6 cm³/mol. The summed E-state index contributed by atoms with van der Waals surface area (Å²) in [6.07, 6.45) is 0. The van der Waals surface area contributed by atoms with Crippen molar-refractivity contribution in [2.45, 2.75) is 20.8 Å². The highest BCUT2D eigenvalue weighted by molar-refractivity contribution is 7.12. The summed E-state index contributed by atoms with van der Waals surface area (Å²) in [5.74, 6) is 0.0692. The minimum atomic E-state index is -0.0341. The lowest BCUT2D eigenvalue weighted by molar-refractivity contribution is 0.0669. The standard InChI is InChI=1S/C15H23N3O2S/c1-15(2,3)11-16-14(20)18-8-6-17(7-9-18)13(19)12-5-4-10-21-12/h4-5,10H,6-9,11H2,1-3H3,(H,16,20). The van der Waals surface area contributed by atoms with Gasteiger partial charge in [-0.1, -0.05) is 26.8 Å². The van der Waals surface area contributed by atoms with Gasteiger partial charge in [-0.25, -0.2) is 4.79 Å². The van der Waals surface area contributed by atoms with E-state index in [1.165, 1.54) is 11.3 Å². The summed E-state index contributed by atoms with van der Waals surface area (Å²) in [4.78, 5) is 28.6. The third-order valence-corrected chi connectivity index (χ3v) is 4.21. The van der Waals surface area contributed by atoms with Gasteiger partial charge in [0, 0.05) is 32.7 Å². The molecule has 116 valence electrons. The number of amides is 3. The van der Waals surface area contributed by atoms with Crippen LogP contribution < -0.4 is 5.32 Å². The summed E-state index contributed by atoms with van der Waals surface area (Å²) < 4.78 is 0. The van der Waals surface area contributed by atoms with Crippen LogP contribution in [0.15, 0.2) is 17.5 Å². The van der Waals surface area contributed by atoms with Crippen molar-refractivity contribution in [2.24, 2.45) is 5.41 Å². The number of carbonyl (C=O) groups is 2. The average molecular weight is 309 g/mol. The van der Waals surface area contributed by atoms with Gasteiger partial charge in [-0.15, -0.1) is 11.3 Å². The Morgan fingerprint density at radius 1 is 1.19 bits per heavy atom. The van der Waals surface area contributed by atoms with Crippen LogP contribution in [0.25, 0.3) is 0 Å². The number of nitrogens with one attached hydrogen (secondary N) is 1. The Hall–Kier alpha value is -1.56. The van der Waals surface area contributed by atoms with Gasteiger partial charge in [0.1, 0.15) is 0 Å². The Labute approximate surface area is 129 Å². The van der Waals surface area contributed by atoms with E-state index in [0.29, 0.717) is 32.7 Å². The van der Waals surface area contributed by atoms with E-state index >= 15 is 0 Å². The van der Waals surface area contributed by atoms with Crippen LogP contribution in [0, 0.1) is 5.41 Å². The van der Waals surface area contributed by atoms with Gasteiger partial charge in [-0.2, -0.15) is 0 Å². The molecule has 3 amide bonds. The number of rotatable bonds is 2. The van der Waals surface area contributed by atoms with Crippen LogP contribution in [-0.4, -0.2) is 54.5 Å². The molecule has 0 atom stereocenters. The SMILES string of the molecule is CC(C)(C)CNC(=O)N1CCN(C(=O)c2cccs2)CC1. The van der Waals surface area contributed by atoms with E-state index in [1.54, 1.807) is 4.90 Å². The molecule has 2 rings (SSSR count). The first-order valence-corrected chi connectivity index (χ1v) is 8.10. The number of urea groups is 1. The zero-order valence-corrected chi connectivity index (χ0v) is 13.7. The minimum Gasteiger partial charge on any atom is -0.337 e. The lowest BCUT2D eigenvalue weighted by Gasteiger charge is -2.35. The fourth-order valence-electron chi connectivity index (χ4n) is 2.12. The second-order valence-corrected chi connectivity index (χ2v) is 7.42. The molecule has 21 heavy (non-hydrogen) atoms. The van der Waals surface area contributed by atoms with Crippen LogP contribution in [0.1, 0.15) is 30.4 Å². The van der Waals surface area contributed by atoms with E-state index in [4.69, 9.17) is 0 Å². The van der Waals surface area contributed by atoms with Crippen LogP contribution in [-0.2, 0) is 0 Å². The number of hydrogen-bond donors (Lipinski definition) is 1. The second kappa shape index (κ2) is 6.47. The van der Waals surface area contributed by atoms with Crippen molar-refractivity contribution >= 4 is 23.3 Å². The lowest BCUT2D eigenvalue weighted by atomic mass is 9.97. The maximum atomic E-state index is 12.2. The van der Waals surface area contributed by atoms with Gasteiger partial charge in [0.2, 0.25) is 0 Å². The average Bonchev–Trinajstić information content (AvgIpc) is 2.97. The van der Waals surface area contributed by atoms with Crippen molar-refractivity contribution in [3.8, 4) is 0 Å². The van der Waals surface area contributed by atoms with E-state index in [2.05, 4.69) is 26.1 Å². The van der Waals surface area contributed by atoms with Crippen LogP contribution >= 0.6 is 11.3 Å². The molecule has 5 nitrogen and oxygen atoms in total. The summed E-state index contributed by atoms with van der Waals surface area (Å²) in [7, 11) is 0. The molecule has 2 heterocycles. The van der Waals surface area contributed by atoms with Crippen LogP contribution in [0.2, 0.25) is 0 Å². The molecule has 6 heteroatoms. The van der Waals surface area contributed by atoms with Gasteiger partial charge < -0.3 is 15.1 Å². The molecular weight excluding hydrogens is 286 g/mol. The van der Waals surface area contributed by atoms with Gasteiger partial charge in [0.05, 0.1) is 4.88 Å². The fourth-order valence-corrected chi connectivity index (χ4v) is 2.81. The maximum absolute atomic E-state index is 12.2. The van der Waals surface area contributed by atoms with Crippen LogP contribution in [0.5, 0.6) is 0 Å². The molecule has 1 aliphatic rings. The van der Waals surface area contributed by atoms with Crippen molar-refractivity contribution in [3.05, 3.63) is 22.4 Å². The van der Waals surface area contributed by atoms with Crippen molar-refractivity contribution in [1.29, 1.82) is 0 Å². The van der Waals surface area contributed by atoms with Gasteiger partial charge >= 0.3 is 6.03 Å². The van der Waals surface area contributed by atoms with Crippen LogP contribution in [0.3, 0.4) is 0 Å². The van der Waals surface area contributed by atoms with E-state index in [0.717, 1.165) is 4.88 Å². The summed E-state index contributed by atoms with van der Waals surface area (Å²) >= 11 is 1.46. The topological polar surface area (TPSA) is 52.7 Å². The smallest absolute Gasteiger partial charge is 0.317 e. The van der Waals surface area contributed by atoms with E-state index in [9.17, 15) is 9.59 Å². The lowest BCUT2D eigenvalue weighted by Crippen LogP contribution is -2.53. The zero-order valence-electron chi connectivity index (χ0n) is 12.9. The largest absolute Gasteiger partial charge is 0.337 e. The third-order valence-electron chi connectivity index (χ3n) is 3.36. The van der Waals surface area contributed by atoms with E-state index < -0.39 is 0 Å². The molecule has 0 unspecified atom stereocenters. The molecule has 1 aromatic heterocycles. The highest BCUT2D eigenvalue weighted by Crippen LogP contribution is 2.14. The van der Waals surface area contributed by atoms with Crippen molar-refractivity contribution in [2.75, 3.05) is 32.7 Å². The first-order valence-electron chi connectivity index (χ1n) is 7.22. The Kier molecular flexibility index (Phi) is 4.88. The van der Waals surface area contributed by atoms with Crippen molar-refractivity contribution in [1.82, 2.24) is 15.1 Å². The Bertz CT molecular complexity index is 486. The molecule has 0 saturated carbocycles. The monoisotopic (exact) mass is 309 g/mol. The molecule has 1 saturated heterocycles. The first kappa shape index (κ1) is 15.8. The van der Waals surface area contributed by atoms with Gasteiger partial charge in [0.25, 0.3) is 5.91 Å². The summed E-state index contributed by atoms with van der Waals surface area (Å²) in [5, 5.41) is 4.86. The minimum absolute atomic E-state index is 0.0341. The van der Waals surface area contributed by atoms with E-state index in [1.807, 2.05) is 22.4 Å². The number of hydrogen-bond acceptors (Lipinski definition) is 3. The summed E-state index contributed by atoms with van der Waals surface area (Å²) in [6, 6.07) is 3.69. The highest BCUT2D eigenvalue weighted by atomic mass is 32.1. The highest BCUT2D eigenvalue weighted by Gasteiger charge is 2.25. The Morgan fingerprint density at radius 2 is 1.81 bits per heavy atom.